The van der Waals surface area contributed by atoms with E-state index in [1.54, 1.807) is 14.2 Å². The maximum absolute atomic E-state index is 12.8. The van der Waals surface area contributed by atoms with Gasteiger partial charge < -0.3 is 19.5 Å². The van der Waals surface area contributed by atoms with Crippen molar-refractivity contribution in [2.45, 2.75) is 46.2 Å². The quantitative estimate of drug-likeness (QED) is 0.343. The predicted molar refractivity (Wildman–Crippen MR) is 148 cm³/mol. The molecule has 0 fully saturated rings. The van der Waals surface area contributed by atoms with E-state index in [1.807, 2.05) is 60.7 Å². The van der Waals surface area contributed by atoms with Gasteiger partial charge in [-0.1, -0.05) is 24.3 Å². The second-order valence-electron chi connectivity index (χ2n) is 9.41. The number of carbonyl (C=O) groups excluding carboxylic acids is 1. The lowest BCUT2D eigenvalue weighted by atomic mass is 10.1. The molecule has 3 aromatic rings. The molecule has 7 heteroatoms. The number of ether oxygens (including phenoxy) is 3. The first-order chi connectivity index (χ1) is 17.8. The number of amides is 1. The maximum Gasteiger partial charge on any atom is 0.251 e. The Hall–Kier alpha value is -3.58. The molecule has 0 aliphatic rings. The van der Waals surface area contributed by atoms with Gasteiger partial charge >= 0.3 is 0 Å². The minimum absolute atomic E-state index is 0.0864. The van der Waals surface area contributed by atoms with Crippen LogP contribution in [0.3, 0.4) is 0 Å². The lowest BCUT2D eigenvalue weighted by Gasteiger charge is -2.30. The molecule has 1 aromatic heterocycles. The van der Waals surface area contributed by atoms with Crippen LogP contribution in [0.5, 0.6) is 17.4 Å². The van der Waals surface area contributed by atoms with Gasteiger partial charge in [-0.2, -0.15) is 0 Å². The highest BCUT2D eigenvalue weighted by molar-refractivity contribution is 5.95. The molecule has 1 amide bonds. The van der Waals surface area contributed by atoms with Crippen molar-refractivity contribution in [3.05, 3.63) is 71.8 Å². The molecule has 0 radical (unpaired) electrons. The van der Waals surface area contributed by atoms with Gasteiger partial charge in [0, 0.05) is 48.8 Å². The second-order valence-corrected chi connectivity index (χ2v) is 9.41. The largest absolute Gasteiger partial charge is 0.493 e. The summed E-state index contributed by atoms with van der Waals surface area (Å²) < 4.78 is 16.6. The molecule has 0 unspecified atom stereocenters. The first-order valence-corrected chi connectivity index (χ1v) is 12.8. The van der Waals surface area contributed by atoms with Crippen LogP contribution in [-0.4, -0.2) is 61.8 Å². The molecule has 0 aliphatic heterocycles. The van der Waals surface area contributed by atoms with Gasteiger partial charge in [0.05, 0.1) is 26.5 Å². The fourth-order valence-corrected chi connectivity index (χ4v) is 4.30. The number of nitrogens with zero attached hydrogens (tertiary/aromatic N) is 2. The van der Waals surface area contributed by atoms with Gasteiger partial charge in [0.15, 0.2) is 11.5 Å². The van der Waals surface area contributed by atoms with Gasteiger partial charge in [-0.15, -0.1) is 0 Å². The molecule has 7 nitrogen and oxygen atoms in total. The van der Waals surface area contributed by atoms with Crippen LogP contribution in [-0.2, 0) is 6.42 Å². The van der Waals surface area contributed by atoms with Gasteiger partial charge in [0.25, 0.3) is 5.91 Å². The molecule has 3 rings (SSSR count). The Morgan fingerprint density at radius 2 is 1.65 bits per heavy atom. The number of nitrogens with one attached hydrogen (secondary N) is 1. The average molecular weight is 506 g/mol. The van der Waals surface area contributed by atoms with E-state index in [9.17, 15) is 4.79 Å². The van der Waals surface area contributed by atoms with Crippen molar-refractivity contribution in [1.82, 2.24) is 15.2 Å². The SMILES string of the molecule is COc1ccc(CCOc2cccc(-c3cccc(C(=O)NCCN(C(C)C)C(C)C)c3)n2)cc1OC. The average Bonchev–Trinajstić information content (AvgIpc) is 2.90. The van der Waals surface area contributed by atoms with Crippen LogP contribution < -0.4 is 19.5 Å². The Kier molecular flexibility index (Phi) is 10.3. The van der Waals surface area contributed by atoms with E-state index in [2.05, 4.69) is 42.9 Å². The molecule has 0 atom stereocenters. The summed E-state index contributed by atoms with van der Waals surface area (Å²) in [5.74, 6) is 1.85. The molecule has 0 saturated heterocycles. The minimum Gasteiger partial charge on any atom is -0.493 e. The monoisotopic (exact) mass is 505 g/mol. The van der Waals surface area contributed by atoms with Crippen molar-refractivity contribution in [2.24, 2.45) is 0 Å². The summed E-state index contributed by atoms with van der Waals surface area (Å²) in [6.45, 7) is 10.6. The molecule has 0 aliphatic carbocycles. The molecular formula is C30H39N3O4. The maximum atomic E-state index is 12.8. The Morgan fingerprint density at radius 3 is 2.35 bits per heavy atom. The molecule has 0 saturated carbocycles. The third-order valence-electron chi connectivity index (χ3n) is 6.21. The summed E-state index contributed by atoms with van der Waals surface area (Å²) in [5, 5.41) is 3.05. The molecule has 37 heavy (non-hydrogen) atoms. The number of hydrogen-bond acceptors (Lipinski definition) is 6. The Morgan fingerprint density at radius 1 is 0.919 bits per heavy atom. The summed E-state index contributed by atoms with van der Waals surface area (Å²) in [6, 6.07) is 19.9. The van der Waals surface area contributed by atoms with Crippen molar-refractivity contribution in [2.75, 3.05) is 33.9 Å². The van der Waals surface area contributed by atoms with Crippen LogP contribution in [0, 0.1) is 0 Å². The molecule has 2 aromatic carbocycles. The highest BCUT2D eigenvalue weighted by Gasteiger charge is 2.14. The molecule has 1 N–H and O–H groups in total. The minimum atomic E-state index is -0.0864. The zero-order valence-electron chi connectivity index (χ0n) is 22.8. The number of benzene rings is 2. The normalized spacial score (nSPS) is 11.2. The number of pyridine rings is 1. The number of methoxy groups -OCH3 is 2. The third-order valence-corrected chi connectivity index (χ3v) is 6.21. The number of carbonyl (C=O) groups is 1. The lowest BCUT2D eigenvalue weighted by molar-refractivity contribution is 0.0939. The number of aromatic nitrogens is 1. The summed E-state index contributed by atoms with van der Waals surface area (Å²) in [5.41, 5.74) is 3.31. The van der Waals surface area contributed by atoms with Crippen molar-refractivity contribution in [1.29, 1.82) is 0 Å². The number of hydrogen-bond donors (Lipinski definition) is 1. The lowest BCUT2D eigenvalue weighted by Crippen LogP contribution is -2.42. The van der Waals surface area contributed by atoms with E-state index in [-0.39, 0.29) is 5.91 Å². The van der Waals surface area contributed by atoms with Crippen LogP contribution in [0.4, 0.5) is 0 Å². The third kappa shape index (κ3) is 7.95. The molecular weight excluding hydrogens is 466 g/mol. The van der Waals surface area contributed by atoms with Crippen molar-refractivity contribution in [3.63, 3.8) is 0 Å². The van der Waals surface area contributed by atoms with Gasteiger partial charge in [0.1, 0.15) is 0 Å². The smallest absolute Gasteiger partial charge is 0.251 e. The van der Waals surface area contributed by atoms with Gasteiger partial charge in [0.2, 0.25) is 5.88 Å². The van der Waals surface area contributed by atoms with E-state index in [1.165, 1.54) is 0 Å². The Bertz CT molecular complexity index is 1160. The van der Waals surface area contributed by atoms with E-state index < -0.39 is 0 Å². The zero-order valence-corrected chi connectivity index (χ0v) is 22.8. The van der Waals surface area contributed by atoms with Crippen LogP contribution >= 0.6 is 0 Å². The summed E-state index contributed by atoms with van der Waals surface area (Å²) in [6.07, 6.45) is 0.701. The van der Waals surface area contributed by atoms with Crippen LogP contribution in [0.2, 0.25) is 0 Å². The molecule has 0 bridgehead atoms. The fourth-order valence-electron chi connectivity index (χ4n) is 4.30. The van der Waals surface area contributed by atoms with E-state index in [0.717, 1.165) is 23.4 Å². The Balaban J connectivity index is 1.60. The van der Waals surface area contributed by atoms with Gasteiger partial charge in [-0.25, -0.2) is 4.98 Å². The van der Waals surface area contributed by atoms with E-state index >= 15 is 0 Å². The fraction of sp³-hybridized carbons (Fsp3) is 0.400. The molecule has 1 heterocycles. The summed E-state index contributed by atoms with van der Waals surface area (Å²) >= 11 is 0. The zero-order chi connectivity index (χ0) is 26.8. The van der Waals surface area contributed by atoms with Crippen molar-refractivity contribution >= 4 is 5.91 Å². The summed E-state index contributed by atoms with van der Waals surface area (Å²) in [7, 11) is 3.25. The van der Waals surface area contributed by atoms with Crippen LogP contribution in [0.25, 0.3) is 11.3 Å². The van der Waals surface area contributed by atoms with Crippen molar-refractivity contribution < 1.29 is 19.0 Å². The number of rotatable bonds is 13. The first kappa shape index (κ1) is 28.0. The highest BCUT2D eigenvalue weighted by Crippen LogP contribution is 2.28. The predicted octanol–water partition coefficient (Wildman–Crippen LogP) is 5.24. The van der Waals surface area contributed by atoms with Crippen LogP contribution in [0.15, 0.2) is 60.7 Å². The van der Waals surface area contributed by atoms with Gasteiger partial charge in [-0.05, 0) is 63.6 Å². The van der Waals surface area contributed by atoms with Crippen molar-refractivity contribution in [3.8, 4) is 28.6 Å². The first-order valence-electron chi connectivity index (χ1n) is 12.8. The van der Waals surface area contributed by atoms with E-state index in [4.69, 9.17) is 14.2 Å². The second kappa shape index (κ2) is 13.7. The highest BCUT2D eigenvalue weighted by atomic mass is 16.5. The molecule has 0 spiro atoms. The molecule has 198 valence electrons. The van der Waals surface area contributed by atoms with Gasteiger partial charge in [-0.3, -0.25) is 9.69 Å². The Labute approximate surface area is 220 Å². The topological polar surface area (TPSA) is 72.9 Å². The van der Waals surface area contributed by atoms with Crippen LogP contribution in [0.1, 0.15) is 43.6 Å². The standard InChI is InChI=1S/C30H39N3O4/c1-21(2)33(22(3)4)17-16-31-30(34)25-10-7-9-24(20-25)26-11-8-12-29(32-26)37-18-15-23-13-14-27(35-5)28(19-23)36-6/h7-14,19-22H,15-18H2,1-6H3,(H,31,34). The summed E-state index contributed by atoms with van der Waals surface area (Å²) in [4.78, 5) is 19.8. The van der Waals surface area contributed by atoms with E-state index in [0.29, 0.717) is 54.6 Å².